The lowest BCUT2D eigenvalue weighted by Gasteiger charge is -2.47. The maximum absolute atomic E-state index is 12.3. The Bertz CT molecular complexity index is 670. The quantitative estimate of drug-likeness (QED) is 0.423. The van der Waals surface area contributed by atoms with Crippen molar-refractivity contribution >= 4 is 29.5 Å². The van der Waals surface area contributed by atoms with E-state index in [0.29, 0.717) is 36.4 Å². The third-order valence-corrected chi connectivity index (χ3v) is 5.48. The van der Waals surface area contributed by atoms with Crippen LogP contribution in [0.4, 0.5) is 0 Å². The maximum Gasteiger partial charge on any atom is 0.352 e. The summed E-state index contributed by atoms with van der Waals surface area (Å²) in [5, 5.41) is 9.14. The van der Waals surface area contributed by atoms with Crippen molar-refractivity contribution in [3.05, 3.63) is 35.6 Å². The molecule has 0 bridgehead atoms. The number of carboxylic acids is 1. The molecule has 0 aromatic rings. The number of allylic oxidation sites excluding steroid dienone is 1. The average molecular weight is 335 g/mol. The molecule has 0 aromatic heterocycles. The third-order valence-electron chi connectivity index (χ3n) is 4.15. The first-order chi connectivity index (χ1) is 11.0. The summed E-state index contributed by atoms with van der Waals surface area (Å²) in [6, 6.07) is -0.653. The molecule has 3 aliphatic rings. The van der Waals surface area contributed by atoms with E-state index in [-0.39, 0.29) is 22.9 Å². The van der Waals surface area contributed by atoms with Crippen LogP contribution in [0.5, 0.6) is 0 Å². The summed E-state index contributed by atoms with van der Waals surface area (Å²) in [5.74, 6) is -1.25. The molecule has 3 aliphatic heterocycles. The lowest BCUT2D eigenvalue weighted by molar-refractivity contribution is -0.147. The van der Waals surface area contributed by atoms with E-state index in [9.17, 15) is 19.5 Å². The molecule has 0 unspecified atom stereocenters. The molecule has 3 N–H and O–H groups in total. The number of hydrogen-bond acceptors (Lipinski definition) is 5. The Balaban J connectivity index is 1.93. The molecule has 2 atom stereocenters. The highest BCUT2D eigenvalue weighted by atomic mass is 32.2. The molecule has 0 aliphatic carbocycles. The van der Waals surface area contributed by atoms with E-state index in [1.54, 1.807) is 17.1 Å². The van der Waals surface area contributed by atoms with Crippen molar-refractivity contribution in [2.24, 2.45) is 5.73 Å². The minimum atomic E-state index is -1.17. The number of aliphatic carboxylic acids is 1. The fraction of sp³-hybridized carbons (Fsp3) is 0.400. The second kappa shape index (κ2) is 5.86. The SMILES string of the molecule is C=CCN1CCC(=CC2=C(C(=O)O)N3C(=O)[C@@H](N)[C@H]3SC2)C1=O. The zero-order chi connectivity index (χ0) is 16.7. The first-order valence-electron chi connectivity index (χ1n) is 7.23. The molecule has 23 heavy (non-hydrogen) atoms. The summed E-state index contributed by atoms with van der Waals surface area (Å²) < 4.78 is 0. The molecule has 2 fully saturated rings. The number of rotatable bonds is 4. The van der Waals surface area contributed by atoms with Crippen LogP contribution in [0.2, 0.25) is 0 Å². The minimum absolute atomic E-state index is 0.0529. The van der Waals surface area contributed by atoms with Crippen molar-refractivity contribution in [2.75, 3.05) is 18.8 Å². The van der Waals surface area contributed by atoms with Gasteiger partial charge in [0.05, 0.1) is 0 Å². The molecule has 7 nitrogen and oxygen atoms in total. The number of nitrogens with two attached hydrogens (primary N) is 1. The van der Waals surface area contributed by atoms with Crippen molar-refractivity contribution in [3.8, 4) is 0 Å². The first-order valence-corrected chi connectivity index (χ1v) is 8.28. The van der Waals surface area contributed by atoms with Gasteiger partial charge in [-0.25, -0.2) is 4.79 Å². The van der Waals surface area contributed by atoms with E-state index in [1.165, 1.54) is 16.7 Å². The monoisotopic (exact) mass is 335 g/mol. The maximum atomic E-state index is 12.3. The Morgan fingerprint density at radius 1 is 1.48 bits per heavy atom. The Morgan fingerprint density at radius 3 is 2.87 bits per heavy atom. The standard InChI is InChI=1S/C15H17N3O4S/c1-2-4-17-5-3-8(12(17)19)6-9-7-23-14-10(16)13(20)18(14)11(9)15(21)22/h2,6,10,14H,1,3-5,7,16H2,(H,21,22)/t10-,14-/m1/s1. The van der Waals surface area contributed by atoms with Crippen molar-refractivity contribution < 1.29 is 19.5 Å². The molecule has 2 amide bonds. The Morgan fingerprint density at radius 2 is 2.22 bits per heavy atom. The van der Waals surface area contributed by atoms with Crippen LogP contribution in [0.3, 0.4) is 0 Å². The summed E-state index contributed by atoms with van der Waals surface area (Å²) in [5.41, 5.74) is 6.71. The van der Waals surface area contributed by atoms with Gasteiger partial charge in [0.2, 0.25) is 11.8 Å². The van der Waals surface area contributed by atoms with Crippen molar-refractivity contribution in [1.82, 2.24) is 9.80 Å². The number of β-lactam (4-membered cyclic amide) rings is 1. The highest BCUT2D eigenvalue weighted by Crippen LogP contribution is 2.40. The molecule has 122 valence electrons. The van der Waals surface area contributed by atoms with E-state index in [4.69, 9.17) is 5.73 Å². The minimum Gasteiger partial charge on any atom is -0.477 e. The van der Waals surface area contributed by atoms with Gasteiger partial charge in [0.15, 0.2) is 0 Å². The lowest BCUT2D eigenvalue weighted by Crippen LogP contribution is -2.68. The lowest BCUT2D eigenvalue weighted by atomic mass is 10.0. The van der Waals surface area contributed by atoms with Crippen LogP contribution in [0.15, 0.2) is 35.6 Å². The summed E-state index contributed by atoms with van der Waals surface area (Å²) in [4.78, 5) is 38.6. The summed E-state index contributed by atoms with van der Waals surface area (Å²) in [7, 11) is 0. The zero-order valence-corrected chi connectivity index (χ0v) is 13.2. The van der Waals surface area contributed by atoms with Crippen LogP contribution < -0.4 is 5.73 Å². The van der Waals surface area contributed by atoms with Gasteiger partial charge in [0.25, 0.3) is 0 Å². The molecule has 8 heteroatoms. The fourth-order valence-electron chi connectivity index (χ4n) is 2.99. The van der Waals surface area contributed by atoms with Crippen molar-refractivity contribution in [2.45, 2.75) is 17.8 Å². The van der Waals surface area contributed by atoms with Crippen LogP contribution in [-0.2, 0) is 14.4 Å². The van der Waals surface area contributed by atoms with Crippen molar-refractivity contribution in [3.63, 3.8) is 0 Å². The number of carbonyl (C=O) groups excluding carboxylic acids is 2. The second-order valence-corrected chi connectivity index (χ2v) is 6.68. The van der Waals surface area contributed by atoms with Gasteiger partial charge in [-0.1, -0.05) is 6.08 Å². The van der Waals surface area contributed by atoms with Gasteiger partial charge in [-0.3, -0.25) is 14.5 Å². The summed E-state index contributed by atoms with van der Waals surface area (Å²) in [6.07, 6.45) is 3.84. The molecule has 0 aromatic carbocycles. The molecular weight excluding hydrogens is 318 g/mol. The Kier molecular flexibility index (Phi) is 4.03. The van der Waals surface area contributed by atoms with Crippen LogP contribution >= 0.6 is 11.8 Å². The first kappa shape index (κ1) is 15.8. The third kappa shape index (κ3) is 2.47. The van der Waals surface area contributed by atoms with Gasteiger partial charge in [-0.15, -0.1) is 18.3 Å². The van der Waals surface area contributed by atoms with Gasteiger partial charge in [-0.05, 0) is 18.1 Å². The predicted molar refractivity (Wildman–Crippen MR) is 85.2 cm³/mol. The second-order valence-electron chi connectivity index (χ2n) is 5.57. The average Bonchev–Trinajstić information content (AvgIpc) is 2.87. The molecule has 0 spiro atoms. The molecule has 0 radical (unpaired) electrons. The van der Waals surface area contributed by atoms with Crippen LogP contribution in [0, 0.1) is 0 Å². The van der Waals surface area contributed by atoms with Gasteiger partial charge >= 0.3 is 5.97 Å². The highest BCUT2D eigenvalue weighted by molar-refractivity contribution is 8.00. The number of carboxylic acid groups (broad SMARTS) is 1. The Hall–Kier alpha value is -2.06. The van der Waals surface area contributed by atoms with E-state index >= 15 is 0 Å². The largest absolute Gasteiger partial charge is 0.477 e. The predicted octanol–water partition coefficient (Wildman–Crippen LogP) is -0.0878. The fourth-order valence-corrected chi connectivity index (χ4v) is 4.24. The van der Waals surface area contributed by atoms with E-state index in [1.807, 2.05) is 0 Å². The smallest absolute Gasteiger partial charge is 0.352 e. The van der Waals surface area contributed by atoms with E-state index in [2.05, 4.69) is 6.58 Å². The molecule has 0 saturated carbocycles. The van der Waals surface area contributed by atoms with Crippen molar-refractivity contribution in [1.29, 1.82) is 0 Å². The van der Waals surface area contributed by atoms with Crippen LogP contribution in [0.25, 0.3) is 0 Å². The van der Waals surface area contributed by atoms with E-state index in [0.717, 1.165) is 0 Å². The number of fused-ring (bicyclic) bond motifs is 1. The Labute approximate surface area is 137 Å². The summed E-state index contributed by atoms with van der Waals surface area (Å²) in [6.45, 7) is 4.68. The molecule has 3 heterocycles. The van der Waals surface area contributed by atoms with Gasteiger partial charge in [0, 0.05) is 24.4 Å². The summed E-state index contributed by atoms with van der Waals surface area (Å²) >= 11 is 1.42. The van der Waals surface area contributed by atoms with Crippen LogP contribution in [-0.4, -0.2) is 62.9 Å². The topological polar surface area (TPSA) is 104 Å². The number of thioether (sulfide) groups is 1. The zero-order valence-electron chi connectivity index (χ0n) is 12.4. The highest BCUT2D eigenvalue weighted by Gasteiger charge is 2.51. The number of amides is 2. The van der Waals surface area contributed by atoms with Gasteiger partial charge < -0.3 is 15.7 Å². The number of hydrogen-bond donors (Lipinski definition) is 2. The molecule has 3 rings (SSSR count). The van der Waals surface area contributed by atoms with E-state index < -0.39 is 12.0 Å². The molecular formula is C15H17N3O4S. The number of likely N-dealkylation sites (tertiary alicyclic amines) is 1. The normalized spacial score (nSPS) is 29.0. The molecule has 2 saturated heterocycles. The number of nitrogens with zero attached hydrogens (tertiary/aromatic N) is 2. The van der Waals surface area contributed by atoms with Gasteiger partial charge in [-0.2, -0.15) is 0 Å². The van der Waals surface area contributed by atoms with Crippen LogP contribution in [0.1, 0.15) is 6.42 Å². The van der Waals surface area contributed by atoms with Gasteiger partial charge in [0.1, 0.15) is 17.1 Å². The number of carbonyl (C=O) groups is 3.